The Morgan fingerprint density at radius 3 is 2.63 bits per heavy atom. The highest BCUT2D eigenvalue weighted by Crippen LogP contribution is 2.27. The smallest absolute Gasteiger partial charge is 0.404 e. The van der Waals surface area contributed by atoms with Crippen molar-refractivity contribution in [2.75, 3.05) is 11.9 Å². The van der Waals surface area contributed by atoms with Crippen molar-refractivity contribution in [3.05, 3.63) is 47.0 Å². The SMILES string of the molecule is NC(=O)c1nn(CC(=O)N(CC(=O)Nc2cncc(Br)n2)[C@H]2C[C@H](NC(=O)O)C2)c2ccccc12. The van der Waals surface area contributed by atoms with Crippen molar-refractivity contribution in [2.45, 2.75) is 31.5 Å². The van der Waals surface area contributed by atoms with Gasteiger partial charge in [-0.2, -0.15) is 5.10 Å². The van der Waals surface area contributed by atoms with Crippen LogP contribution in [0.25, 0.3) is 10.9 Å². The fraction of sp³-hybridized carbons (Fsp3) is 0.286. The van der Waals surface area contributed by atoms with E-state index in [1.807, 2.05) is 0 Å². The van der Waals surface area contributed by atoms with E-state index in [0.29, 0.717) is 28.3 Å². The fourth-order valence-corrected chi connectivity index (χ4v) is 4.25. The first-order chi connectivity index (χ1) is 16.7. The number of primary amides is 1. The molecule has 0 aliphatic heterocycles. The van der Waals surface area contributed by atoms with Gasteiger partial charge in [-0.25, -0.2) is 9.78 Å². The van der Waals surface area contributed by atoms with Crippen LogP contribution < -0.4 is 16.4 Å². The number of rotatable bonds is 8. The van der Waals surface area contributed by atoms with Gasteiger partial charge in [0, 0.05) is 17.5 Å². The second kappa shape index (κ2) is 10.0. The van der Waals surface area contributed by atoms with Gasteiger partial charge in [-0.15, -0.1) is 0 Å². The Kier molecular flexibility index (Phi) is 6.91. The molecule has 1 aliphatic rings. The van der Waals surface area contributed by atoms with Crippen LogP contribution in [0.15, 0.2) is 41.3 Å². The lowest BCUT2D eigenvalue weighted by Crippen LogP contribution is -2.57. The second-order valence-electron chi connectivity index (χ2n) is 7.96. The predicted molar refractivity (Wildman–Crippen MR) is 126 cm³/mol. The molecular weight excluding hydrogens is 524 g/mol. The number of hydrogen-bond donors (Lipinski definition) is 4. The number of nitrogens with zero attached hydrogens (tertiary/aromatic N) is 5. The van der Waals surface area contributed by atoms with Crippen molar-refractivity contribution in [1.82, 2.24) is 30.0 Å². The van der Waals surface area contributed by atoms with Crippen molar-refractivity contribution >= 4 is 56.5 Å². The minimum atomic E-state index is -1.15. The summed E-state index contributed by atoms with van der Waals surface area (Å²) >= 11 is 3.18. The Balaban J connectivity index is 1.53. The molecule has 1 saturated carbocycles. The number of nitrogens with two attached hydrogens (primary N) is 1. The summed E-state index contributed by atoms with van der Waals surface area (Å²) in [5, 5.41) is 18.6. The maximum atomic E-state index is 13.3. The zero-order valence-electron chi connectivity index (χ0n) is 18.2. The Morgan fingerprint density at radius 2 is 1.94 bits per heavy atom. The summed E-state index contributed by atoms with van der Waals surface area (Å²) in [7, 11) is 0. The summed E-state index contributed by atoms with van der Waals surface area (Å²) in [6.07, 6.45) is 2.39. The number of carbonyl (C=O) groups excluding carboxylic acids is 3. The third-order valence-corrected chi connectivity index (χ3v) is 5.95. The number of carbonyl (C=O) groups is 4. The van der Waals surface area contributed by atoms with Crippen LogP contribution in [0.1, 0.15) is 23.3 Å². The first-order valence-corrected chi connectivity index (χ1v) is 11.3. The summed E-state index contributed by atoms with van der Waals surface area (Å²) in [5.74, 6) is -1.44. The van der Waals surface area contributed by atoms with Crippen molar-refractivity contribution in [1.29, 1.82) is 0 Å². The van der Waals surface area contributed by atoms with Gasteiger partial charge in [-0.3, -0.25) is 24.0 Å². The topological polar surface area (TPSA) is 185 Å². The summed E-state index contributed by atoms with van der Waals surface area (Å²) in [6, 6.07) is 6.18. The molecule has 1 aromatic carbocycles. The largest absolute Gasteiger partial charge is 0.465 e. The van der Waals surface area contributed by atoms with Crippen molar-refractivity contribution in [2.24, 2.45) is 5.73 Å². The Labute approximate surface area is 206 Å². The third-order valence-electron chi connectivity index (χ3n) is 5.56. The number of para-hydroxylation sites is 1. The molecule has 0 radical (unpaired) electrons. The van der Waals surface area contributed by atoms with Gasteiger partial charge in [0.1, 0.15) is 17.7 Å². The van der Waals surface area contributed by atoms with Crippen molar-refractivity contribution in [3.8, 4) is 0 Å². The van der Waals surface area contributed by atoms with Crippen LogP contribution in [0.4, 0.5) is 10.6 Å². The lowest BCUT2D eigenvalue weighted by Gasteiger charge is -2.42. The molecule has 182 valence electrons. The number of anilines is 1. The van der Waals surface area contributed by atoms with Crippen molar-refractivity contribution < 1.29 is 24.3 Å². The van der Waals surface area contributed by atoms with Gasteiger partial charge in [-0.05, 0) is 34.8 Å². The molecule has 0 bridgehead atoms. The zero-order valence-corrected chi connectivity index (χ0v) is 19.8. The van der Waals surface area contributed by atoms with E-state index in [9.17, 15) is 19.2 Å². The van der Waals surface area contributed by atoms with Gasteiger partial charge in [0.15, 0.2) is 11.5 Å². The van der Waals surface area contributed by atoms with E-state index in [0.717, 1.165) is 0 Å². The summed E-state index contributed by atoms with van der Waals surface area (Å²) < 4.78 is 1.80. The van der Waals surface area contributed by atoms with Crippen LogP contribution in [0.3, 0.4) is 0 Å². The molecule has 0 saturated heterocycles. The molecule has 0 spiro atoms. The van der Waals surface area contributed by atoms with Gasteiger partial charge in [0.25, 0.3) is 5.91 Å². The van der Waals surface area contributed by atoms with E-state index in [-0.39, 0.29) is 36.7 Å². The molecule has 14 heteroatoms. The number of hydrogen-bond acceptors (Lipinski definition) is 7. The lowest BCUT2D eigenvalue weighted by molar-refractivity contribution is -0.140. The van der Waals surface area contributed by atoms with Crippen molar-refractivity contribution in [3.63, 3.8) is 0 Å². The van der Waals surface area contributed by atoms with E-state index in [1.54, 1.807) is 24.3 Å². The molecule has 4 rings (SSSR count). The Hall–Kier alpha value is -4.07. The highest BCUT2D eigenvalue weighted by Gasteiger charge is 2.38. The first-order valence-electron chi connectivity index (χ1n) is 10.5. The van der Waals surface area contributed by atoms with E-state index in [4.69, 9.17) is 10.8 Å². The van der Waals surface area contributed by atoms with Gasteiger partial charge in [0.05, 0.1) is 17.9 Å². The number of fused-ring (bicyclic) bond motifs is 1. The van der Waals surface area contributed by atoms with Gasteiger partial charge in [-0.1, -0.05) is 18.2 Å². The summed E-state index contributed by atoms with van der Waals surface area (Å²) in [4.78, 5) is 58.2. The summed E-state index contributed by atoms with van der Waals surface area (Å²) in [5.41, 5.74) is 6.02. The van der Waals surface area contributed by atoms with Crippen LogP contribution in [-0.2, 0) is 16.1 Å². The normalized spacial score (nSPS) is 16.8. The fourth-order valence-electron chi connectivity index (χ4n) is 3.94. The maximum Gasteiger partial charge on any atom is 0.404 e. The molecule has 1 fully saturated rings. The predicted octanol–water partition coefficient (Wildman–Crippen LogP) is 0.954. The highest BCUT2D eigenvalue weighted by atomic mass is 79.9. The zero-order chi connectivity index (χ0) is 25.1. The highest BCUT2D eigenvalue weighted by molar-refractivity contribution is 9.10. The van der Waals surface area contributed by atoms with E-state index >= 15 is 0 Å². The number of amides is 4. The number of aromatic nitrogens is 4. The quantitative estimate of drug-likeness (QED) is 0.322. The molecule has 0 atom stereocenters. The van der Waals surface area contributed by atoms with Crippen LogP contribution in [0.2, 0.25) is 0 Å². The van der Waals surface area contributed by atoms with Crippen LogP contribution in [0, 0.1) is 0 Å². The molecule has 35 heavy (non-hydrogen) atoms. The number of halogens is 1. The van der Waals surface area contributed by atoms with E-state index in [2.05, 4.69) is 41.6 Å². The summed E-state index contributed by atoms with van der Waals surface area (Å²) in [6.45, 7) is -0.537. The van der Waals surface area contributed by atoms with Gasteiger partial charge in [0.2, 0.25) is 11.8 Å². The Bertz CT molecular complexity index is 1310. The molecule has 13 nitrogen and oxygen atoms in total. The first kappa shape index (κ1) is 24.1. The molecular formula is C21H21BrN8O5. The molecule has 0 unspecified atom stereocenters. The second-order valence-corrected chi connectivity index (χ2v) is 8.77. The van der Waals surface area contributed by atoms with E-state index < -0.39 is 23.8 Å². The van der Waals surface area contributed by atoms with Crippen LogP contribution in [-0.4, -0.2) is 72.2 Å². The Morgan fingerprint density at radius 1 is 1.20 bits per heavy atom. The monoisotopic (exact) mass is 544 g/mol. The molecule has 5 N–H and O–H groups in total. The lowest BCUT2D eigenvalue weighted by atomic mass is 9.85. The standard InChI is InChI=1S/C21H21BrN8O5/c22-15-7-24-8-16(26-15)27-17(31)9-29(12-5-11(6-12)25-21(34)35)18(32)10-30-14-4-2-1-3-13(14)19(28-30)20(23)33/h1-4,7-8,11-12,25H,5-6,9-10H2,(H2,23,33)(H,34,35)(H,26,27,31)/t11-,12-. The minimum absolute atomic E-state index is 0.0419. The average molecular weight is 545 g/mol. The van der Waals surface area contributed by atoms with Gasteiger partial charge >= 0.3 is 6.09 Å². The molecule has 2 aromatic heterocycles. The molecule has 1 aliphatic carbocycles. The molecule has 4 amide bonds. The third kappa shape index (κ3) is 5.54. The van der Waals surface area contributed by atoms with Gasteiger partial charge < -0.3 is 26.4 Å². The minimum Gasteiger partial charge on any atom is -0.465 e. The van der Waals surface area contributed by atoms with Crippen LogP contribution >= 0.6 is 15.9 Å². The van der Waals surface area contributed by atoms with Crippen LogP contribution in [0.5, 0.6) is 0 Å². The van der Waals surface area contributed by atoms with E-state index in [1.165, 1.54) is 22.0 Å². The number of benzene rings is 1. The number of nitrogens with one attached hydrogen (secondary N) is 2. The number of carboxylic acid groups (broad SMARTS) is 1. The molecule has 3 aromatic rings. The maximum absolute atomic E-state index is 13.3. The average Bonchev–Trinajstić information content (AvgIpc) is 3.13. The molecule has 2 heterocycles.